The fraction of sp³-hybridized carbons (Fsp3) is 0.200. The molecule has 0 aliphatic rings. The maximum atomic E-state index is 9.69. The molecule has 0 radical (unpaired) electrons. The van der Waals surface area contributed by atoms with Gasteiger partial charge >= 0.3 is 0 Å². The van der Waals surface area contributed by atoms with E-state index < -0.39 is 0 Å². The number of rotatable bonds is 4. The van der Waals surface area contributed by atoms with Gasteiger partial charge in [0.15, 0.2) is 0 Å². The van der Waals surface area contributed by atoms with Crippen LogP contribution in [0.1, 0.15) is 24.1 Å². The van der Waals surface area contributed by atoms with Crippen LogP contribution in [0.25, 0.3) is 0 Å². The van der Waals surface area contributed by atoms with E-state index in [0.29, 0.717) is 15.5 Å². The number of halogens is 3. The molecule has 0 amide bonds. The summed E-state index contributed by atoms with van der Waals surface area (Å²) in [5.41, 5.74) is 2.14. The molecule has 0 aliphatic heterocycles. The van der Waals surface area contributed by atoms with E-state index in [4.69, 9.17) is 11.6 Å². The number of phenolic OH excluding ortho intramolecular Hbond substituents is 1. The molecule has 0 aromatic heterocycles. The van der Waals surface area contributed by atoms with E-state index in [0.717, 1.165) is 16.1 Å². The molecule has 0 heterocycles. The molecule has 2 aromatic carbocycles. The molecule has 5 heteroatoms. The van der Waals surface area contributed by atoms with E-state index in [1.165, 1.54) is 0 Å². The highest BCUT2D eigenvalue weighted by Gasteiger charge is 2.10. The molecule has 2 nitrogen and oxygen atoms in total. The van der Waals surface area contributed by atoms with Crippen LogP contribution < -0.4 is 5.32 Å². The Labute approximate surface area is 140 Å². The quantitative estimate of drug-likeness (QED) is 0.693. The van der Waals surface area contributed by atoms with Crippen LogP contribution in [0.5, 0.6) is 5.75 Å². The Kier molecular flexibility index (Phi) is 5.49. The first kappa shape index (κ1) is 15.8. The molecule has 2 rings (SSSR count). The summed E-state index contributed by atoms with van der Waals surface area (Å²) in [6, 6.07) is 11.7. The standard InChI is InChI=1S/C15H14Br2ClNO/c1-9(11-4-2-3-5-14(11)18)19-8-10-6-12(16)15(20)13(17)7-10/h2-7,9,19-20H,8H2,1H3/t9-/m1/s1. The summed E-state index contributed by atoms with van der Waals surface area (Å²) in [6.07, 6.45) is 0. The average molecular weight is 420 g/mol. The highest BCUT2D eigenvalue weighted by Crippen LogP contribution is 2.33. The van der Waals surface area contributed by atoms with Gasteiger partial charge in [0.25, 0.3) is 0 Å². The second-order valence-corrected chi connectivity index (χ2v) is 6.65. The Hall–Kier alpha value is -0.550. The minimum absolute atomic E-state index is 0.148. The molecule has 2 N–H and O–H groups in total. The fourth-order valence-electron chi connectivity index (χ4n) is 1.93. The number of phenols is 1. The Morgan fingerprint density at radius 2 is 1.80 bits per heavy atom. The predicted molar refractivity (Wildman–Crippen MR) is 90.2 cm³/mol. The maximum absolute atomic E-state index is 9.69. The van der Waals surface area contributed by atoms with Crippen LogP contribution in [0.3, 0.4) is 0 Å². The van der Waals surface area contributed by atoms with Gasteiger partial charge in [-0.1, -0.05) is 29.8 Å². The van der Waals surface area contributed by atoms with Gasteiger partial charge in [0.1, 0.15) is 5.75 Å². The number of nitrogens with one attached hydrogen (secondary N) is 1. The lowest BCUT2D eigenvalue weighted by Gasteiger charge is -2.16. The van der Waals surface area contributed by atoms with Crippen molar-refractivity contribution < 1.29 is 5.11 Å². The number of benzene rings is 2. The van der Waals surface area contributed by atoms with Crippen LogP contribution in [0.4, 0.5) is 0 Å². The minimum Gasteiger partial charge on any atom is -0.506 e. The van der Waals surface area contributed by atoms with Gasteiger partial charge in [-0.2, -0.15) is 0 Å². The molecule has 0 unspecified atom stereocenters. The first-order valence-corrected chi connectivity index (χ1v) is 8.10. The van der Waals surface area contributed by atoms with E-state index in [1.807, 2.05) is 36.4 Å². The van der Waals surface area contributed by atoms with Crippen LogP contribution >= 0.6 is 43.5 Å². The smallest absolute Gasteiger partial charge is 0.143 e. The van der Waals surface area contributed by atoms with E-state index in [1.54, 1.807) is 0 Å². The first-order chi connectivity index (χ1) is 9.49. The van der Waals surface area contributed by atoms with Gasteiger partial charge < -0.3 is 10.4 Å². The molecular formula is C15H14Br2ClNO. The van der Waals surface area contributed by atoms with Gasteiger partial charge in [0.05, 0.1) is 8.95 Å². The van der Waals surface area contributed by atoms with Crippen LogP contribution in [-0.4, -0.2) is 5.11 Å². The van der Waals surface area contributed by atoms with Crippen molar-refractivity contribution >= 4 is 43.5 Å². The summed E-state index contributed by atoms with van der Waals surface area (Å²) in [7, 11) is 0. The fourth-order valence-corrected chi connectivity index (χ4v) is 3.51. The van der Waals surface area contributed by atoms with Crippen molar-refractivity contribution in [1.29, 1.82) is 0 Å². The maximum Gasteiger partial charge on any atom is 0.143 e. The summed E-state index contributed by atoms with van der Waals surface area (Å²) in [5.74, 6) is 0.216. The normalized spacial score (nSPS) is 12.4. The lowest BCUT2D eigenvalue weighted by atomic mass is 10.1. The van der Waals surface area contributed by atoms with Crippen LogP contribution in [-0.2, 0) is 6.54 Å². The molecule has 20 heavy (non-hydrogen) atoms. The van der Waals surface area contributed by atoms with Gasteiger partial charge in [-0.05, 0) is 68.1 Å². The molecule has 1 atom stereocenters. The largest absolute Gasteiger partial charge is 0.506 e. The summed E-state index contributed by atoms with van der Waals surface area (Å²) in [4.78, 5) is 0. The van der Waals surface area contributed by atoms with E-state index >= 15 is 0 Å². The third-order valence-corrected chi connectivity index (χ3v) is 4.61. The van der Waals surface area contributed by atoms with Crippen LogP contribution in [0.2, 0.25) is 5.02 Å². The van der Waals surface area contributed by atoms with Gasteiger partial charge in [-0.3, -0.25) is 0 Å². The van der Waals surface area contributed by atoms with Crippen molar-refractivity contribution in [1.82, 2.24) is 5.32 Å². The molecule has 0 saturated heterocycles. The summed E-state index contributed by atoms with van der Waals surface area (Å²) in [5, 5.41) is 13.9. The zero-order valence-corrected chi connectivity index (χ0v) is 14.8. The first-order valence-electron chi connectivity index (χ1n) is 6.13. The SMILES string of the molecule is C[C@@H](NCc1cc(Br)c(O)c(Br)c1)c1ccccc1Cl. The molecule has 0 spiro atoms. The lowest BCUT2D eigenvalue weighted by Crippen LogP contribution is -2.18. The van der Waals surface area contributed by atoms with Crippen molar-refractivity contribution in [3.63, 3.8) is 0 Å². The van der Waals surface area contributed by atoms with Crippen molar-refractivity contribution in [2.24, 2.45) is 0 Å². The zero-order chi connectivity index (χ0) is 14.7. The van der Waals surface area contributed by atoms with E-state index in [2.05, 4.69) is 44.1 Å². The third kappa shape index (κ3) is 3.76. The predicted octanol–water partition coefficient (Wildman–Crippen LogP) is 5.42. The highest BCUT2D eigenvalue weighted by molar-refractivity contribution is 9.11. The van der Waals surface area contributed by atoms with Crippen LogP contribution in [0, 0.1) is 0 Å². The Morgan fingerprint density at radius 3 is 2.40 bits per heavy atom. The lowest BCUT2D eigenvalue weighted by molar-refractivity contribution is 0.467. The molecule has 0 aliphatic carbocycles. The average Bonchev–Trinajstić information content (AvgIpc) is 2.42. The van der Waals surface area contributed by atoms with Gasteiger partial charge in [0.2, 0.25) is 0 Å². The topological polar surface area (TPSA) is 32.3 Å². The van der Waals surface area contributed by atoms with Gasteiger partial charge in [0, 0.05) is 17.6 Å². The van der Waals surface area contributed by atoms with Gasteiger partial charge in [-0.25, -0.2) is 0 Å². The molecule has 0 fully saturated rings. The van der Waals surface area contributed by atoms with E-state index in [9.17, 15) is 5.11 Å². The molecular weight excluding hydrogens is 405 g/mol. The number of aromatic hydroxyl groups is 1. The molecule has 106 valence electrons. The van der Waals surface area contributed by atoms with Gasteiger partial charge in [-0.15, -0.1) is 0 Å². The van der Waals surface area contributed by atoms with Crippen molar-refractivity contribution in [3.8, 4) is 5.75 Å². The summed E-state index contributed by atoms with van der Waals surface area (Å²) >= 11 is 12.8. The molecule has 0 saturated carbocycles. The van der Waals surface area contributed by atoms with Crippen LogP contribution in [0.15, 0.2) is 45.3 Å². The second-order valence-electron chi connectivity index (χ2n) is 4.53. The number of hydrogen-bond acceptors (Lipinski definition) is 2. The minimum atomic E-state index is 0.148. The second kappa shape index (κ2) is 6.94. The molecule has 0 bridgehead atoms. The Balaban J connectivity index is 2.07. The summed E-state index contributed by atoms with van der Waals surface area (Å²) in [6.45, 7) is 2.76. The van der Waals surface area contributed by atoms with E-state index in [-0.39, 0.29) is 11.8 Å². The highest BCUT2D eigenvalue weighted by atomic mass is 79.9. The molecule has 2 aromatic rings. The zero-order valence-electron chi connectivity index (χ0n) is 10.8. The Morgan fingerprint density at radius 1 is 1.20 bits per heavy atom. The summed E-state index contributed by atoms with van der Waals surface area (Å²) < 4.78 is 1.35. The number of hydrogen-bond donors (Lipinski definition) is 2. The van der Waals surface area contributed by atoms with Crippen molar-refractivity contribution in [3.05, 3.63) is 61.5 Å². The monoisotopic (exact) mass is 417 g/mol. The third-order valence-electron chi connectivity index (χ3n) is 3.06. The van der Waals surface area contributed by atoms with Crippen molar-refractivity contribution in [2.45, 2.75) is 19.5 Å². The van der Waals surface area contributed by atoms with Crippen molar-refractivity contribution in [2.75, 3.05) is 0 Å². The Bertz CT molecular complexity index is 596.